The third-order valence-corrected chi connectivity index (χ3v) is 0.308. The van der Waals surface area contributed by atoms with E-state index < -0.39 is 7.11 Å². The van der Waals surface area contributed by atoms with Gasteiger partial charge in [0.2, 0.25) is 0 Å². The second kappa shape index (κ2) is 2.18. The summed E-state index contributed by atoms with van der Waals surface area (Å²) in [6.07, 6.45) is 0. The van der Waals surface area contributed by atoms with Crippen molar-refractivity contribution in [3.63, 3.8) is 0 Å². The summed E-state index contributed by atoms with van der Waals surface area (Å²) in [5.74, 6) is 0. The van der Waals surface area contributed by atoms with E-state index in [1.807, 2.05) is 0 Å². The number of nitrogens with one attached hydrogen (secondary N) is 2. The van der Waals surface area contributed by atoms with E-state index in [-0.39, 0.29) is 0 Å². The molecular weight excluding hydrogens is 108 g/mol. The number of rotatable bonds is 2. The smallest absolute Gasteiger partial charge is 0.433 e. The molecule has 0 aromatic heterocycles. The number of hydrogen-bond donors (Lipinski definition) is 2. The van der Waals surface area contributed by atoms with Crippen molar-refractivity contribution in [1.82, 2.24) is 10.8 Å². The van der Waals surface area contributed by atoms with Crippen LogP contribution in [0, 0.1) is 0 Å². The summed E-state index contributed by atoms with van der Waals surface area (Å²) in [5, 5.41) is 1.10. The highest BCUT2D eigenvalue weighted by Gasteiger charge is 2.21. The molecule has 6 heteroatoms. The molecule has 2 nitrogen and oxygen atoms in total. The predicted octanol–water partition coefficient (Wildman–Crippen LogP) is 0.0545. The van der Waals surface area contributed by atoms with Crippen LogP contribution in [0.3, 0.4) is 0 Å². The molecule has 0 aromatic carbocycles. The van der Waals surface area contributed by atoms with Gasteiger partial charge in [-0.2, -0.15) is 0 Å². The first-order valence-electron chi connectivity index (χ1n) is 1.69. The van der Waals surface area contributed by atoms with E-state index in [4.69, 9.17) is 0 Å². The molecule has 0 aliphatic rings. The lowest BCUT2D eigenvalue weighted by atomic mass is 10.2. The molecule has 0 heterocycles. The lowest BCUT2D eigenvalue weighted by Crippen LogP contribution is -2.45. The largest absolute Gasteiger partial charge is 0.577 e. The molecule has 0 amide bonds. The molecule has 0 saturated carbocycles. The molecule has 0 radical (unpaired) electrons. The maximum absolute atomic E-state index is 10.9. The van der Waals surface area contributed by atoms with Crippen LogP contribution in [-0.2, 0) is 0 Å². The molecule has 7 heavy (non-hydrogen) atoms. The van der Waals surface area contributed by atoms with Gasteiger partial charge in [0.15, 0.2) is 0 Å². The highest BCUT2D eigenvalue weighted by Crippen LogP contribution is 1.99. The summed E-state index contributed by atoms with van der Waals surface area (Å²) in [5.41, 5.74) is 1.76. The Morgan fingerprint density at radius 3 is 1.71 bits per heavy atom. The molecule has 0 saturated heterocycles. The van der Waals surface area contributed by atoms with Crippen LogP contribution in [0.25, 0.3) is 0 Å². The Hall–Kier alpha value is -0.225. The lowest BCUT2D eigenvalue weighted by Gasteiger charge is -2.13. The Bertz CT molecular complexity index is 51.4. The van der Waals surface area contributed by atoms with Crippen molar-refractivity contribution in [3.8, 4) is 0 Å². The van der Waals surface area contributed by atoms with Crippen molar-refractivity contribution >= 4 is 7.11 Å². The normalized spacial score (nSPS) is 12.0. The van der Waals surface area contributed by atoms with Crippen LogP contribution in [0.15, 0.2) is 0 Å². The van der Waals surface area contributed by atoms with E-state index in [2.05, 4.69) is 0 Å². The van der Waals surface area contributed by atoms with Gasteiger partial charge in [-0.3, -0.25) is 5.43 Å². The zero-order valence-corrected chi connectivity index (χ0v) is 3.71. The summed E-state index contributed by atoms with van der Waals surface area (Å²) < 4.78 is 32.8. The fraction of sp³-hybridized carbons (Fsp3) is 1.00. The van der Waals surface area contributed by atoms with Crippen LogP contribution in [0.5, 0.6) is 0 Å². The van der Waals surface area contributed by atoms with Crippen LogP contribution in [0.2, 0.25) is 0 Å². The number of hydrazine groups is 1. The van der Waals surface area contributed by atoms with Crippen molar-refractivity contribution in [2.75, 3.05) is 7.05 Å². The van der Waals surface area contributed by atoms with E-state index in [0.29, 0.717) is 0 Å². The van der Waals surface area contributed by atoms with E-state index in [9.17, 15) is 12.9 Å². The van der Waals surface area contributed by atoms with Gasteiger partial charge >= 0.3 is 7.11 Å². The average molecular weight is 113 g/mol. The first-order valence-corrected chi connectivity index (χ1v) is 1.69. The van der Waals surface area contributed by atoms with Crippen LogP contribution < -0.4 is 10.8 Å². The minimum Gasteiger partial charge on any atom is -0.433 e. The standard InChI is InChI=1S/CH5BF3N2/c1-6-7-2(3,4)5/h6-7H,1H3/q-1. The van der Waals surface area contributed by atoms with Gasteiger partial charge in [-0.1, -0.05) is 0 Å². The van der Waals surface area contributed by atoms with E-state index >= 15 is 0 Å². The third-order valence-electron chi connectivity index (χ3n) is 0.308. The first-order chi connectivity index (χ1) is 3.06. The van der Waals surface area contributed by atoms with Crippen LogP contribution in [-0.4, -0.2) is 14.2 Å². The Kier molecular flexibility index (Phi) is 2.11. The van der Waals surface area contributed by atoms with Gasteiger partial charge in [-0.05, 0) is 7.05 Å². The van der Waals surface area contributed by atoms with Gasteiger partial charge in [-0.25, -0.2) is 0 Å². The van der Waals surface area contributed by atoms with Gasteiger partial charge < -0.3 is 18.3 Å². The average Bonchev–Trinajstić information content (AvgIpc) is 1.30. The van der Waals surface area contributed by atoms with E-state index in [1.165, 1.54) is 0 Å². The summed E-state index contributed by atoms with van der Waals surface area (Å²) in [7, 11) is -3.69. The molecule has 0 spiro atoms. The van der Waals surface area contributed by atoms with Crippen molar-refractivity contribution in [3.05, 3.63) is 0 Å². The zero-order chi connectivity index (χ0) is 5.91. The highest BCUT2D eigenvalue weighted by atomic mass is 19.4. The lowest BCUT2D eigenvalue weighted by molar-refractivity contribution is 0.419. The van der Waals surface area contributed by atoms with Crippen molar-refractivity contribution in [2.45, 2.75) is 0 Å². The maximum Gasteiger partial charge on any atom is 0.577 e. The molecule has 0 atom stereocenters. The van der Waals surface area contributed by atoms with E-state index in [0.717, 1.165) is 12.4 Å². The first kappa shape index (κ1) is 6.77. The van der Waals surface area contributed by atoms with Gasteiger partial charge in [0.25, 0.3) is 0 Å². The van der Waals surface area contributed by atoms with Crippen LogP contribution in [0.1, 0.15) is 0 Å². The van der Waals surface area contributed by atoms with Crippen LogP contribution >= 0.6 is 0 Å². The Morgan fingerprint density at radius 2 is 1.71 bits per heavy atom. The van der Waals surface area contributed by atoms with Gasteiger partial charge in [0.05, 0.1) is 0 Å². The summed E-state index contributed by atoms with van der Waals surface area (Å²) in [4.78, 5) is 0. The molecule has 0 aliphatic heterocycles. The molecule has 0 aromatic rings. The molecular formula is CH5BF3N2-. The zero-order valence-electron chi connectivity index (χ0n) is 3.71. The van der Waals surface area contributed by atoms with Gasteiger partial charge in [0.1, 0.15) is 0 Å². The fourth-order valence-corrected chi connectivity index (χ4v) is 0.164. The summed E-state index contributed by atoms with van der Waals surface area (Å²) >= 11 is 0. The second-order valence-corrected chi connectivity index (χ2v) is 0.969. The molecule has 44 valence electrons. The Morgan fingerprint density at radius 1 is 1.29 bits per heavy atom. The molecule has 0 aliphatic carbocycles. The van der Waals surface area contributed by atoms with Crippen LogP contribution in [0.4, 0.5) is 12.9 Å². The molecule has 0 unspecified atom stereocenters. The predicted molar refractivity (Wildman–Crippen MR) is 21.3 cm³/mol. The number of hydrogen-bond acceptors (Lipinski definition) is 2. The molecule has 0 rings (SSSR count). The van der Waals surface area contributed by atoms with E-state index in [1.54, 1.807) is 5.43 Å². The quantitative estimate of drug-likeness (QED) is 0.390. The SMILES string of the molecule is CNN[B-](F)(F)F. The van der Waals surface area contributed by atoms with Gasteiger partial charge in [-0.15, -0.1) is 0 Å². The summed E-state index contributed by atoms with van der Waals surface area (Å²) in [6, 6.07) is 0. The Labute approximate surface area is 39.1 Å². The minimum atomic E-state index is -4.85. The Balaban J connectivity index is 3.15. The molecule has 2 N–H and O–H groups in total. The summed E-state index contributed by atoms with van der Waals surface area (Å²) in [6.45, 7) is 0. The monoisotopic (exact) mass is 113 g/mol. The molecule has 0 bridgehead atoms. The topological polar surface area (TPSA) is 24.1 Å². The van der Waals surface area contributed by atoms with Gasteiger partial charge in [0, 0.05) is 0 Å². The highest BCUT2D eigenvalue weighted by molar-refractivity contribution is 6.55. The third kappa shape index (κ3) is 5.77. The molecule has 0 fully saturated rings. The maximum atomic E-state index is 10.9. The van der Waals surface area contributed by atoms with Crippen molar-refractivity contribution < 1.29 is 12.9 Å². The second-order valence-electron chi connectivity index (χ2n) is 0.969. The fourth-order valence-electron chi connectivity index (χ4n) is 0.164. The van der Waals surface area contributed by atoms with Crippen molar-refractivity contribution in [2.24, 2.45) is 0 Å². The number of halogens is 3. The minimum absolute atomic E-state index is 1.10. The van der Waals surface area contributed by atoms with Crippen molar-refractivity contribution in [1.29, 1.82) is 0 Å².